The number of rotatable bonds is 3. The number of hydrogen-bond donors (Lipinski definition) is 0. The number of amides is 1. The van der Waals surface area contributed by atoms with Gasteiger partial charge >= 0.3 is 5.97 Å². The van der Waals surface area contributed by atoms with Crippen molar-refractivity contribution in [2.45, 2.75) is 33.3 Å². The number of imidazole rings is 1. The number of nitrogens with zero attached hydrogens (tertiary/aromatic N) is 3. The number of carbonyl (C=O) groups is 2. The Bertz CT molecular complexity index is 756. The molecule has 0 aliphatic heterocycles. The fraction of sp³-hybridized carbons (Fsp3) is 0.471. The molecule has 6 heteroatoms. The van der Waals surface area contributed by atoms with E-state index < -0.39 is 11.6 Å². The number of esters is 1. The van der Waals surface area contributed by atoms with Crippen LogP contribution in [0.25, 0.3) is 11.0 Å². The first-order chi connectivity index (χ1) is 10.6. The summed E-state index contributed by atoms with van der Waals surface area (Å²) in [7, 11) is 3.51. The minimum absolute atomic E-state index is 0.0879. The first kappa shape index (κ1) is 17.0. The van der Waals surface area contributed by atoms with Gasteiger partial charge in [0, 0.05) is 19.7 Å². The van der Waals surface area contributed by atoms with E-state index in [-0.39, 0.29) is 12.5 Å². The summed E-state index contributed by atoms with van der Waals surface area (Å²) in [6, 6.07) is 5.36. The topological polar surface area (TPSA) is 64.4 Å². The van der Waals surface area contributed by atoms with Crippen LogP contribution >= 0.6 is 0 Å². The third-order valence-corrected chi connectivity index (χ3v) is 3.48. The molecule has 2 aromatic rings. The Kier molecular flexibility index (Phi) is 4.45. The highest BCUT2D eigenvalue weighted by Crippen LogP contribution is 2.17. The van der Waals surface area contributed by atoms with Crippen LogP contribution in [0.15, 0.2) is 18.2 Å². The van der Waals surface area contributed by atoms with Crippen molar-refractivity contribution in [2.24, 2.45) is 7.05 Å². The van der Waals surface area contributed by atoms with Gasteiger partial charge in [0.2, 0.25) is 0 Å². The fourth-order valence-electron chi connectivity index (χ4n) is 2.31. The second-order valence-corrected chi connectivity index (χ2v) is 6.67. The number of hydrogen-bond acceptors (Lipinski definition) is 4. The molecule has 0 N–H and O–H groups in total. The van der Waals surface area contributed by atoms with Crippen LogP contribution in [-0.2, 0) is 16.6 Å². The van der Waals surface area contributed by atoms with Crippen LogP contribution in [0.4, 0.5) is 0 Å². The van der Waals surface area contributed by atoms with E-state index in [1.165, 1.54) is 4.90 Å². The van der Waals surface area contributed by atoms with Crippen LogP contribution in [0.1, 0.15) is 37.0 Å². The molecular weight excluding hydrogens is 294 g/mol. The summed E-state index contributed by atoms with van der Waals surface area (Å²) in [5.74, 6) is 0.218. The van der Waals surface area contributed by atoms with Crippen LogP contribution in [0, 0.1) is 6.92 Å². The summed E-state index contributed by atoms with van der Waals surface area (Å²) in [5, 5.41) is 0. The van der Waals surface area contributed by atoms with Crippen molar-refractivity contribution in [3.8, 4) is 0 Å². The third-order valence-electron chi connectivity index (χ3n) is 3.48. The highest BCUT2D eigenvalue weighted by atomic mass is 16.6. The van der Waals surface area contributed by atoms with E-state index in [0.29, 0.717) is 5.56 Å². The first-order valence-corrected chi connectivity index (χ1v) is 7.49. The molecule has 0 fully saturated rings. The van der Waals surface area contributed by atoms with Crippen molar-refractivity contribution in [2.75, 3.05) is 13.6 Å². The SMILES string of the molecule is Cc1nc2cc(C(=O)N(C)CC(=O)OC(C)(C)C)ccc2n1C. The maximum atomic E-state index is 12.5. The minimum atomic E-state index is -0.564. The van der Waals surface area contributed by atoms with Crippen molar-refractivity contribution in [3.63, 3.8) is 0 Å². The second-order valence-electron chi connectivity index (χ2n) is 6.67. The quantitative estimate of drug-likeness (QED) is 0.815. The van der Waals surface area contributed by atoms with Gasteiger partial charge in [-0.2, -0.15) is 0 Å². The molecule has 0 saturated carbocycles. The van der Waals surface area contributed by atoms with Crippen LogP contribution < -0.4 is 0 Å². The van der Waals surface area contributed by atoms with Crippen LogP contribution in [0.2, 0.25) is 0 Å². The Morgan fingerprint density at radius 2 is 1.96 bits per heavy atom. The molecule has 124 valence electrons. The van der Waals surface area contributed by atoms with Gasteiger partial charge in [-0.15, -0.1) is 0 Å². The molecule has 0 unspecified atom stereocenters. The molecule has 0 atom stereocenters. The van der Waals surface area contributed by atoms with Gasteiger partial charge in [-0.05, 0) is 45.9 Å². The van der Waals surface area contributed by atoms with E-state index in [1.54, 1.807) is 40.0 Å². The van der Waals surface area contributed by atoms with Crippen molar-refractivity contribution >= 4 is 22.9 Å². The molecule has 0 aliphatic rings. The highest BCUT2D eigenvalue weighted by molar-refractivity contribution is 5.98. The van der Waals surface area contributed by atoms with Crippen molar-refractivity contribution in [3.05, 3.63) is 29.6 Å². The predicted octanol–water partition coefficient (Wildman–Crippen LogP) is 2.30. The lowest BCUT2D eigenvalue weighted by molar-refractivity contribution is -0.155. The maximum Gasteiger partial charge on any atom is 0.326 e. The van der Waals surface area contributed by atoms with E-state index >= 15 is 0 Å². The van der Waals surface area contributed by atoms with E-state index in [0.717, 1.165) is 16.9 Å². The number of benzene rings is 1. The molecule has 0 bridgehead atoms. The lowest BCUT2D eigenvalue weighted by atomic mass is 10.1. The highest BCUT2D eigenvalue weighted by Gasteiger charge is 2.21. The molecule has 1 amide bonds. The van der Waals surface area contributed by atoms with Gasteiger partial charge in [0.25, 0.3) is 5.91 Å². The third kappa shape index (κ3) is 3.88. The molecule has 23 heavy (non-hydrogen) atoms. The van der Waals surface area contributed by atoms with Crippen LogP contribution in [0.5, 0.6) is 0 Å². The van der Waals surface area contributed by atoms with Gasteiger partial charge in [-0.25, -0.2) is 4.98 Å². The average Bonchev–Trinajstić information content (AvgIpc) is 2.70. The Hall–Kier alpha value is -2.37. The summed E-state index contributed by atoms with van der Waals surface area (Å²) < 4.78 is 7.20. The van der Waals surface area contributed by atoms with Gasteiger partial charge in [0.15, 0.2) is 0 Å². The van der Waals surface area contributed by atoms with Gasteiger partial charge in [0.1, 0.15) is 18.0 Å². The van der Waals surface area contributed by atoms with E-state index in [1.807, 2.05) is 24.6 Å². The maximum absolute atomic E-state index is 12.5. The Labute approximate surface area is 136 Å². The van der Waals surface area contributed by atoms with E-state index in [9.17, 15) is 9.59 Å². The number of fused-ring (bicyclic) bond motifs is 1. The Morgan fingerprint density at radius 1 is 1.30 bits per heavy atom. The second kappa shape index (κ2) is 6.02. The van der Waals surface area contributed by atoms with Gasteiger partial charge in [-0.3, -0.25) is 9.59 Å². The number of aryl methyl sites for hydroxylation is 2. The van der Waals surface area contributed by atoms with Gasteiger partial charge in [-0.1, -0.05) is 0 Å². The van der Waals surface area contributed by atoms with Crippen molar-refractivity contribution in [1.29, 1.82) is 0 Å². The molecule has 0 radical (unpaired) electrons. The molecule has 0 spiro atoms. The standard InChI is InChI=1S/C17H23N3O3/c1-11-18-13-9-12(7-8-14(13)20(11)6)16(22)19(5)10-15(21)23-17(2,3)4/h7-9H,10H2,1-6H3. The molecule has 1 aromatic heterocycles. The van der Waals surface area contributed by atoms with Gasteiger partial charge in [0.05, 0.1) is 11.0 Å². The molecule has 0 saturated heterocycles. The molecule has 0 aliphatic carbocycles. The summed E-state index contributed by atoms with van der Waals surface area (Å²) in [6.45, 7) is 7.21. The van der Waals surface area contributed by atoms with Crippen LogP contribution in [-0.4, -0.2) is 45.5 Å². The molecule has 1 heterocycles. The molecule has 6 nitrogen and oxygen atoms in total. The lowest BCUT2D eigenvalue weighted by Gasteiger charge is -2.22. The smallest absolute Gasteiger partial charge is 0.326 e. The van der Waals surface area contributed by atoms with Crippen molar-refractivity contribution < 1.29 is 14.3 Å². The van der Waals surface area contributed by atoms with Gasteiger partial charge < -0.3 is 14.2 Å². The summed E-state index contributed by atoms with van der Waals surface area (Å²) in [5.41, 5.74) is 1.67. The largest absolute Gasteiger partial charge is 0.459 e. The number of aromatic nitrogens is 2. The van der Waals surface area contributed by atoms with E-state index in [4.69, 9.17) is 4.74 Å². The first-order valence-electron chi connectivity index (χ1n) is 7.49. The minimum Gasteiger partial charge on any atom is -0.459 e. The zero-order valence-electron chi connectivity index (χ0n) is 14.5. The zero-order valence-corrected chi connectivity index (χ0v) is 14.5. The average molecular weight is 317 g/mol. The monoisotopic (exact) mass is 317 g/mol. The molecule has 2 rings (SSSR count). The number of likely N-dealkylation sites (N-methyl/N-ethyl adjacent to an activating group) is 1. The normalized spacial score (nSPS) is 11.6. The zero-order chi connectivity index (χ0) is 17.4. The van der Waals surface area contributed by atoms with Crippen molar-refractivity contribution in [1.82, 2.24) is 14.5 Å². The Balaban J connectivity index is 2.15. The predicted molar refractivity (Wildman–Crippen MR) is 88.3 cm³/mol. The number of carbonyl (C=O) groups excluding carboxylic acids is 2. The summed E-state index contributed by atoms with van der Waals surface area (Å²) in [4.78, 5) is 30.1. The lowest BCUT2D eigenvalue weighted by Crippen LogP contribution is -2.36. The number of ether oxygens (including phenoxy) is 1. The summed E-state index contributed by atoms with van der Waals surface area (Å²) >= 11 is 0. The van der Waals surface area contributed by atoms with E-state index in [2.05, 4.69) is 4.98 Å². The van der Waals surface area contributed by atoms with Crippen LogP contribution in [0.3, 0.4) is 0 Å². The fourth-order valence-corrected chi connectivity index (χ4v) is 2.31. The molecular formula is C17H23N3O3. The summed E-state index contributed by atoms with van der Waals surface area (Å²) in [6.07, 6.45) is 0. The Morgan fingerprint density at radius 3 is 2.57 bits per heavy atom. The molecule has 1 aromatic carbocycles.